The minimum atomic E-state index is -0.855. The lowest BCUT2D eigenvalue weighted by Gasteiger charge is -2.17. The number of methoxy groups -OCH3 is 2. The number of hydrogen-bond donors (Lipinski definition) is 0. The van der Waals surface area contributed by atoms with Crippen LogP contribution in [0.1, 0.15) is 25.5 Å². The molecule has 0 bridgehead atoms. The Hall–Kier alpha value is -2.57. The predicted molar refractivity (Wildman–Crippen MR) is 93.3 cm³/mol. The van der Waals surface area contributed by atoms with E-state index < -0.39 is 11.7 Å². The van der Waals surface area contributed by atoms with E-state index >= 15 is 0 Å². The maximum Gasteiger partial charge on any atom is 0.241 e. The molecule has 1 aliphatic heterocycles. The molecule has 0 saturated carbocycles. The third kappa shape index (κ3) is 3.31. The molecule has 1 aliphatic rings. The van der Waals surface area contributed by atoms with Crippen molar-refractivity contribution in [2.45, 2.75) is 25.6 Å². The van der Waals surface area contributed by atoms with Gasteiger partial charge in [0.1, 0.15) is 11.5 Å². The van der Waals surface area contributed by atoms with Gasteiger partial charge in [-0.3, -0.25) is 0 Å². The maximum atomic E-state index is 13.0. The minimum absolute atomic E-state index is 0.475. The molecule has 132 valence electrons. The molecule has 0 aromatic heterocycles. The van der Waals surface area contributed by atoms with Crippen molar-refractivity contribution in [3.63, 3.8) is 0 Å². The third-order valence-corrected chi connectivity index (χ3v) is 4.16. The first-order chi connectivity index (χ1) is 12.0. The number of benzene rings is 2. The second-order valence-electron chi connectivity index (χ2n) is 6.22. The van der Waals surface area contributed by atoms with Gasteiger partial charge in [-0.2, -0.15) is 4.74 Å². The van der Waals surface area contributed by atoms with Gasteiger partial charge in [0.2, 0.25) is 17.5 Å². The van der Waals surface area contributed by atoms with Gasteiger partial charge < -0.3 is 14.7 Å². The molecule has 6 heteroatoms. The highest BCUT2D eigenvalue weighted by atomic mass is 17.2. The topological polar surface area (TPSA) is 63.0 Å². The van der Waals surface area contributed by atoms with Crippen LogP contribution in [0.4, 0.5) is 5.69 Å². The average molecular weight is 343 g/mol. The molecule has 1 saturated heterocycles. The van der Waals surface area contributed by atoms with E-state index in [-0.39, 0.29) is 0 Å². The zero-order valence-corrected chi connectivity index (χ0v) is 14.7. The molecule has 1 atom stereocenters. The van der Waals surface area contributed by atoms with E-state index in [1.54, 1.807) is 52.3 Å². The van der Waals surface area contributed by atoms with E-state index in [2.05, 4.69) is 0 Å². The smallest absolute Gasteiger partial charge is 0.241 e. The summed E-state index contributed by atoms with van der Waals surface area (Å²) in [6, 6.07) is 14.3. The van der Waals surface area contributed by atoms with Crippen molar-refractivity contribution in [2.24, 2.45) is 0 Å². The molecular formula is C19H21NO5. The fourth-order valence-corrected chi connectivity index (χ4v) is 2.77. The van der Waals surface area contributed by atoms with E-state index in [4.69, 9.17) is 19.2 Å². The lowest BCUT2D eigenvalue weighted by atomic mass is 9.94. The second-order valence-corrected chi connectivity index (χ2v) is 6.22. The molecule has 25 heavy (non-hydrogen) atoms. The molecule has 0 aliphatic carbocycles. The SMILES string of the molecule is COc1ccc(C2OOC(C)(C)/C2=[N+](/[O-])c2ccc(OC)cc2)cc1. The summed E-state index contributed by atoms with van der Waals surface area (Å²) < 4.78 is 11.2. The lowest BCUT2D eigenvalue weighted by Crippen LogP contribution is -2.35. The molecule has 0 amide bonds. The summed E-state index contributed by atoms with van der Waals surface area (Å²) >= 11 is 0. The Bertz CT molecular complexity index is 765. The first-order valence-corrected chi connectivity index (χ1v) is 7.93. The molecule has 1 fully saturated rings. The molecule has 3 rings (SSSR count). The molecule has 0 radical (unpaired) electrons. The van der Waals surface area contributed by atoms with Crippen LogP contribution < -0.4 is 9.47 Å². The van der Waals surface area contributed by atoms with Crippen molar-refractivity contribution in [3.8, 4) is 11.5 Å². The van der Waals surface area contributed by atoms with Gasteiger partial charge in [-0.1, -0.05) is 12.1 Å². The summed E-state index contributed by atoms with van der Waals surface area (Å²) in [5.74, 6) is 1.42. The Morgan fingerprint density at radius 1 is 0.920 bits per heavy atom. The summed E-state index contributed by atoms with van der Waals surface area (Å²) in [4.78, 5) is 10.9. The van der Waals surface area contributed by atoms with Gasteiger partial charge in [-0.05, 0) is 43.7 Å². The van der Waals surface area contributed by atoms with Crippen LogP contribution in [-0.2, 0) is 9.78 Å². The quantitative estimate of drug-likeness (QED) is 0.366. The number of hydrogen-bond acceptors (Lipinski definition) is 5. The van der Waals surface area contributed by atoms with Crippen molar-refractivity contribution >= 4 is 11.4 Å². The van der Waals surface area contributed by atoms with E-state index in [1.807, 2.05) is 24.3 Å². The van der Waals surface area contributed by atoms with Gasteiger partial charge in [-0.25, -0.2) is 9.78 Å². The number of nitrogens with zero attached hydrogens (tertiary/aromatic N) is 1. The van der Waals surface area contributed by atoms with Crippen LogP contribution in [-0.4, -0.2) is 30.3 Å². The number of ether oxygens (including phenoxy) is 2. The molecule has 6 nitrogen and oxygen atoms in total. The fourth-order valence-electron chi connectivity index (χ4n) is 2.77. The van der Waals surface area contributed by atoms with Crippen LogP contribution in [0.15, 0.2) is 48.5 Å². The molecule has 0 N–H and O–H groups in total. The first kappa shape index (κ1) is 17.3. The van der Waals surface area contributed by atoms with Crippen LogP contribution in [0.5, 0.6) is 11.5 Å². The fraction of sp³-hybridized carbons (Fsp3) is 0.316. The van der Waals surface area contributed by atoms with Crippen molar-refractivity contribution in [1.29, 1.82) is 0 Å². The lowest BCUT2D eigenvalue weighted by molar-refractivity contribution is -0.367. The molecule has 1 unspecified atom stereocenters. The van der Waals surface area contributed by atoms with Gasteiger partial charge >= 0.3 is 0 Å². The van der Waals surface area contributed by atoms with E-state index in [0.717, 1.165) is 16.1 Å². The Balaban J connectivity index is 2.03. The summed E-state index contributed by atoms with van der Waals surface area (Å²) in [6.07, 6.45) is -0.597. The van der Waals surface area contributed by atoms with Crippen molar-refractivity contribution in [1.82, 2.24) is 0 Å². The Morgan fingerprint density at radius 2 is 1.44 bits per heavy atom. The Morgan fingerprint density at radius 3 is 1.96 bits per heavy atom. The summed E-state index contributed by atoms with van der Waals surface area (Å²) in [5, 5.41) is 13.0. The van der Waals surface area contributed by atoms with Crippen molar-refractivity contribution in [2.75, 3.05) is 14.2 Å². The van der Waals surface area contributed by atoms with Gasteiger partial charge in [0.25, 0.3) is 0 Å². The van der Waals surface area contributed by atoms with Crippen LogP contribution in [0.3, 0.4) is 0 Å². The average Bonchev–Trinajstić information content (AvgIpc) is 2.96. The van der Waals surface area contributed by atoms with Crippen molar-refractivity contribution < 1.29 is 24.0 Å². The van der Waals surface area contributed by atoms with Gasteiger partial charge in [0.05, 0.1) is 14.2 Å². The highest BCUT2D eigenvalue weighted by Crippen LogP contribution is 2.37. The summed E-state index contributed by atoms with van der Waals surface area (Å²) in [5.41, 5.74) is 0.918. The normalized spacial score (nSPS) is 21.0. The van der Waals surface area contributed by atoms with Gasteiger partial charge in [-0.15, -0.1) is 0 Å². The van der Waals surface area contributed by atoms with E-state index in [1.165, 1.54) is 0 Å². The summed E-state index contributed by atoms with van der Waals surface area (Å²) in [7, 11) is 3.19. The molecule has 2 aromatic rings. The molecule has 0 spiro atoms. The summed E-state index contributed by atoms with van der Waals surface area (Å²) in [6.45, 7) is 3.61. The highest BCUT2D eigenvalue weighted by molar-refractivity contribution is 5.94. The highest BCUT2D eigenvalue weighted by Gasteiger charge is 2.49. The number of rotatable bonds is 4. The molecular weight excluding hydrogens is 322 g/mol. The largest absolute Gasteiger partial charge is 0.618 e. The minimum Gasteiger partial charge on any atom is -0.618 e. The van der Waals surface area contributed by atoms with E-state index in [9.17, 15) is 5.21 Å². The third-order valence-electron chi connectivity index (χ3n) is 4.16. The van der Waals surface area contributed by atoms with Crippen molar-refractivity contribution in [3.05, 3.63) is 59.3 Å². The monoisotopic (exact) mass is 343 g/mol. The van der Waals surface area contributed by atoms with Crippen LogP contribution >= 0.6 is 0 Å². The zero-order valence-electron chi connectivity index (χ0n) is 14.7. The zero-order chi connectivity index (χ0) is 18.0. The van der Waals surface area contributed by atoms with Crippen LogP contribution in [0.25, 0.3) is 0 Å². The standard InChI is InChI=1S/C19H21NO5/c1-19(2)18(20(21)14-7-11-16(23-4)12-8-14)17(24-25-19)13-5-9-15(22-3)10-6-13/h5-12,17H,1-4H3/b20-18+. The van der Waals surface area contributed by atoms with E-state index in [0.29, 0.717) is 17.1 Å². The predicted octanol–water partition coefficient (Wildman–Crippen LogP) is 3.77. The molecule has 2 aromatic carbocycles. The Kier molecular flexibility index (Phi) is 4.65. The maximum absolute atomic E-state index is 13.0. The molecule has 1 heterocycles. The van der Waals surface area contributed by atoms with Gasteiger partial charge in [0, 0.05) is 12.1 Å². The first-order valence-electron chi connectivity index (χ1n) is 7.93. The Labute approximate surface area is 146 Å². The van der Waals surface area contributed by atoms with Gasteiger partial charge in [0.15, 0.2) is 5.60 Å². The van der Waals surface area contributed by atoms with Crippen LogP contribution in [0, 0.1) is 5.21 Å². The second kappa shape index (κ2) is 6.74. The van der Waals surface area contributed by atoms with Crippen LogP contribution in [0.2, 0.25) is 0 Å².